The summed E-state index contributed by atoms with van der Waals surface area (Å²) in [7, 11) is -16.0. The molecule has 8 aromatic heterocycles. The lowest BCUT2D eigenvalue weighted by molar-refractivity contribution is 0.479. The fourth-order valence-corrected chi connectivity index (χ4v) is 21.9. The van der Waals surface area contributed by atoms with E-state index < -0.39 is 69.2 Å². The van der Waals surface area contributed by atoms with Crippen molar-refractivity contribution in [3.63, 3.8) is 0 Å². The van der Waals surface area contributed by atoms with Crippen molar-refractivity contribution in [3.05, 3.63) is 253 Å². The summed E-state index contributed by atoms with van der Waals surface area (Å²) in [6.45, 7) is 1.86. The van der Waals surface area contributed by atoms with Crippen LogP contribution in [0.3, 0.4) is 0 Å². The van der Waals surface area contributed by atoms with E-state index in [0.717, 1.165) is 143 Å². The quantitative estimate of drug-likeness (QED) is 0.0329. The van der Waals surface area contributed by atoms with Gasteiger partial charge in [0.05, 0.1) is 88.0 Å². The van der Waals surface area contributed by atoms with Crippen molar-refractivity contribution in [3.8, 4) is 45.0 Å². The molecule has 21 rings (SSSR count). The third kappa shape index (κ3) is 18.9. The molecule has 0 aliphatic heterocycles. The Morgan fingerprint density at radius 3 is 0.859 bits per heavy atom. The maximum absolute atomic E-state index is 15.2. The molecule has 17 aromatic rings. The average Bonchev–Trinajstić information content (AvgIpc) is 1.62. The minimum absolute atomic E-state index is 0.0263. The van der Waals surface area contributed by atoms with Crippen molar-refractivity contribution in [2.24, 2.45) is 0 Å². The fraction of sp³-hybridized carbons (Fsp3) is 0.226. The van der Waals surface area contributed by atoms with E-state index >= 15 is 13.2 Å². The molecule has 4 saturated carbocycles. The van der Waals surface area contributed by atoms with Crippen LogP contribution < -0.4 is 41.8 Å². The maximum atomic E-state index is 15.2. The highest BCUT2D eigenvalue weighted by atomic mass is 35.5. The van der Waals surface area contributed by atoms with E-state index in [-0.39, 0.29) is 89.8 Å². The van der Waals surface area contributed by atoms with Gasteiger partial charge < -0.3 is 22.9 Å². The first-order chi connectivity index (χ1) is 64.9. The van der Waals surface area contributed by atoms with Gasteiger partial charge in [-0.05, 0) is 190 Å². The molecule has 4 aliphatic carbocycles. The smallest absolute Gasteiger partial charge is 0.262 e. The van der Waals surface area contributed by atoms with Gasteiger partial charge in [0.2, 0.25) is 0 Å². The van der Waals surface area contributed by atoms with Gasteiger partial charge in [0.1, 0.15) is 100 Å². The molecule has 32 nitrogen and oxygen atoms in total. The van der Waals surface area contributed by atoms with Crippen molar-refractivity contribution in [1.82, 2.24) is 79.0 Å². The van der Waals surface area contributed by atoms with Crippen LogP contribution in [-0.4, -0.2) is 113 Å². The highest BCUT2D eigenvalue weighted by Crippen LogP contribution is 2.44. The van der Waals surface area contributed by atoms with Gasteiger partial charge in [0.15, 0.2) is 22.6 Å². The lowest BCUT2D eigenvalue weighted by Crippen LogP contribution is -2.14. The lowest BCUT2D eigenvalue weighted by atomic mass is 10.1. The average molecular weight is 1930 g/mol. The van der Waals surface area contributed by atoms with Gasteiger partial charge in [-0.2, -0.15) is 20.4 Å². The molecule has 12 N–H and O–H groups in total. The van der Waals surface area contributed by atoms with E-state index in [0.29, 0.717) is 94.2 Å². The molecule has 0 bridgehead atoms. The molecule has 42 heteroatoms. The van der Waals surface area contributed by atoms with Crippen LogP contribution in [0.2, 0.25) is 5.02 Å². The third-order valence-electron chi connectivity index (χ3n) is 24.3. The number of hydrogen-bond donors (Lipinski definition) is 8. The van der Waals surface area contributed by atoms with Crippen LogP contribution in [0.5, 0.6) is 0 Å². The number of anilines is 8. The molecule has 9 aromatic carbocycles. The Morgan fingerprint density at radius 2 is 0.570 bits per heavy atom. The summed E-state index contributed by atoms with van der Waals surface area (Å²) in [5, 5.41) is 23.2. The number of rotatable bonds is 20. The van der Waals surface area contributed by atoms with Crippen molar-refractivity contribution < 1.29 is 55.6 Å². The molecular weight excluding hydrogens is 1840 g/mol. The van der Waals surface area contributed by atoms with Crippen LogP contribution in [0.25, 0.3) is 99.9 Å². The SMILES string of the molecule is Cc1ccc(S(=O)(=O)Nc2ccc(-c3nn(C4CCCC4)c4ncnc(N)c34)cc2F)cc1.Nc1ncnc2c1c(-c1ccc(NS(=O)(=O)c3ccc(Cl)cc3)c(F)c1)nn2C1CCCC1.Nc1ncnc2c1c(-c1ccc(NS(=O)(=O)c3ccc(F)cc3)c(F)c1)nn2C1CCCC1.Nc1ncnc2c1c(-c1ccc(NS(=O)(=O)c3ccc4ccccc4c3)c(F)c1)nn2C1CCCC1. The molecule has 0 atom stereocenters. The van der Waals surface area contributed by atoms with Crippen molar-refractivity contribution >= 4 is 153 Å². The van der Waals surface area contributed by atoms with Crippen molar-refractivity contribution in [2.45, 2.75) is 153 Å². The zero-order chi connectivity index (χ0) is 94.4. The first-order valence-electron chi connectivity index (χ1n) is 43.2. The summed E-state index contributed by atoms with van der Waals surface area (Å²) in [6, 6.07) is 46.0. The number of nitrogens with two attached hydrogens (primary N) is 4. The molecule has 8 heterocycles. The number of nitrogen functional groups attached to an aromatic ring is 4. The van der Waals surface area contributed by atoms with Crippen molar-refractivity contribution in [1.29, 1.82) is 0 Å². The maximum Gasteiger partial charge on any atom is 0.262 e. The Bertz CT molecular complexity index is 7390. The summed E-state index contributed by atoms with van der Waals surface area (Å²) in [6.07, 6.45) is 22.3. The van der Waals surface area contributed by atoms with Crippen LogP contribution in [0.1, 0.15) is 132 Å². The molecule has 692 valence electrons. The normalized spacial score (nSPS) is 14.7. The highest BCUT2D eigenvalue weighted by Gasteiger charge is 2.33. The van der Waals surface area contributed by atoms with Gasteiger partial charge in [-0.3, -0.25) is 18.9 Å². The molecule has 0 saturated heterocycles. The van der Waals surface area contributed by atoms with Crippen LogP contribution in [0.4, 0.5) is 68.0 Å². The second kappa shape index (κ2) is 37.6. The van der Waals surface area contributed by atoms with Gasteiger partial charge in [0.25, 0.3) is 40.1 Å². The first-order valence-corrected chi connectivity index (χ1v) is 49.5. The molecule has 4 aliphatic rings. The first kappa shape index (κ1) is 91.1. The predicted octanol–water partition coefficient (Wildman–Crippen LogP) is 18.8. The number of sulfonamides is 4. The topological polar surface area (TPSA) is 463 Å². The Hall–Kier alpha value is -14.4. The van der Waals surface area contributed by atoms with Crippen LogP contribution >= 0.6 is 11.6 Å². The van der Waals surface area contributed by atoms with E-state index in [1.165, 1.54) is 116 Å². The van der Waals surface area contributed by atoms with E-state index in [1.807, 2.05) is 49.9 Å². The zero-order valence-corrected chi connectivity index (χ0v) is 76.0. The highest BCUT2D eigenvalue weighted by molar-refractivity contribution is 7.93. The fourth-order valence-electron chi connectivity index (χ4n) is 17.5. The summed E-state index contributed by atoms with van der Waals surface area (Å²) in [4.78, 5) is 33.8. The zero-order valence-electron chi connectivity index (χ0n) is 72.0. The Balaban J connectivity index is 0.000000120. The second-order valence-electron chi connectivity index (χ2n) is 33.2. The minimum atomic E-state index is -4.09. The van der Waals surface area contributed by atoms with E-state index in [2.05, 4.69) is 58.8 Å². The molecule has 135 heavy (non-hydrogen) atoms. The molecule has 0 amide bonds. The Kier molecular flexibility index (Phi) is 25.3. The van der Waals surface area contributed by atoms with Crippen molar-refractivity contribution in [2.75, 3.05) is 41.8 Å². The van der Waals surface area contributed by atoms with E-state index in [1.54, 1.807) is 48.5 Å². The number of nitrogens with one attached hydrogen (secondary N) is 4. The summed E-state index contributed by atoms with van der Waals surface area (Å²) in [5.41, 5.74) is 30.8. The third-order valence-corrected chi connectivity index (χ3v) is 30.1. The number of aryl methyl sites for hydroxylation is 1. The summed E-state index contributed by atoms with van der Waals surface area (Å²) in [5.74, 6) is -2.53. The number of hydrogen-bond acceptors (Lipinski definition) is 24. The van der Waals surface area contributed by atoms with Gasteiger partial charge in [-0.15, -0.1) is 0 Å². The van der Waals surface area contributed by atoms with Gasteiger partial charge in [-0.1, -0.05) is 135 Å². The Labute approximate surface area is 775 Å². The van der Waals surface area contributed by atoms with Crippen LogP contribution in [0, 0.1) is 36.0 Å². The largest absolute Gasteiger partial charge is 0.383 e. The number of nitrogens with zero attached hydrogens (tertiary/aromatic N) is 16. The predicted molar refractivity (Wildman–Crippen MR) is 507 cm³/mol. The van der Waals surface area contributed by atoms with Gasteiger partial charge in [0, 0.05) is 27.3 Å². The van der Waals surface area contributed by atoms with E-state index in [9.17, 15) is 42.5 Å². The molecule has 4 fully saturated rings. The van der Waals surface area contributed by atoms with Crippen LogP contribution in [0.15, 0.2) is 233 Å². The summed E-state index contributed by atoms with van der Waals surface area (Å²) < 4.78 is 192. The summed E-state index contributed by atoms with van der Waals surface area (Å²) >= 11 is 5.82. The number of halogens is 6. The molecular formula is C93H86ClF5N24O8S4. The van der Waals surface area contributed by atoms with Gasteiger partial charge in [-0.25, -0.2) is 114 Å². The standard InChI is InChI=1S/C26H23FN6O2S.C23H23FN6O2S.C22H20ClFN6O2S.C22H20F2N6O2S/c27-21-14-18(24-23-25(28)29-15-30-26(23)33(31-24)19-7-3-4-8-19)10-12-22(21)32-36(34,35)20-11-9-16-5-1-2-6-17(16)13-20;1-14-6-9-17(10-7-14)33(31,32)29-19-11-8-15(12-18(19)24)21-20-22(25)26-13-27-23(20)30(28-21)16-4-2-3-5-16;2*23-14-6-8-16(9-7-14)33(31,32)29-18-10-5-13(11-17(18)24)20-19-21(25)26-12-27-22(19)30(28-20)15-3-1-2-4-15/h1-2,5-6,9-15,19,32H,3-4,7-8H2,(H2,28,29,30);6-13,16,29H,2-5H2,1H3,(H2,25,26,27);2*5-12,15,29H,1-4H2,(H2,25,26,27). The molecule has 0 spiro atoms. The number of benzene rings is 9. The van der Waals surface area contributed by atoms with Gasteiger partial charge >= 0.3 is 0 Å². The van der Waals surface area contributed by atoms with E-state index in [4.69, 9.17) is 54.9 Å². The molecule has 0 radical (unpaired) electrons. The minimum Gasteiger partial charge on any atom is -0.383 e. The monoisotopic (exact) mass is 1920 g/mol. The lowest BCUT2D eigenvalue weighted by Gasteiger charge is -2.11. The number of fused-ring (bicyclic) bond motifs is 5. The molecule has 0 unspecified atom stereocenters. The second-order valence-corrected chi connectivity index (χ2v) is 40.4. The Morgan fingerprint density at radius 1 is 0.311 bits per heavy atom. The number of aromatic nitrogens is 16. The van der Waals surface area contributed by atoms with Crippen LogP contribution in [-0.2, 0) is 40.1 Å².